The number of amides is 1. The number of carbonyl (C=O) groups is 1. The van der Waals surface area contributed by atoms with Crippen LogP contribution < -0.4 is 14.8 Å². The van der Waals surface area contributed by atoms with E-state index in [1.165, 1.54) is 12.5 Å². The molecule has 2 aromatic carbocycles. The van der Waals surface area contributed by atoms with Gasteiger partial charge in [-0.2, -0.15) is 0 Å². The minimum Gasteiger partial charge on any atom is -0.493 e. The van der Waals surface area contributed by atoms with E-state index < -0.39 is 0 Å². The van der Waals surface area contributed by atoms with Crippen LogP contribution in [0, 0.1) is 0 Å². The Hall–Kier alpha value is -3.54. The number of ether oxygens (including phenoxy) is 2. The van der Waals surface area contributed by atoms with Crippen LogP contribution >= 0.6 is 0 Å². The zero-order valence-electron chi connectivity index (χ0n) is 15.8. The van der Waals surface area contributed by atoms with Crippen LogP contribution in [0.2, 0.25) is 0 Å². The smallest absolute Gasteiger partial charge is 0.248 e. The molecule has 0 saturated heterocycles. The number of benzene rings is 2. The number of nitrogens with zero attached hydrogens (tertiary/aromatic N) is 1. The summed E-state index contributed by atoms with van der Waals surface area (Å²) in [5, 5.41) is 2.82. The molecule has 3 rings (SSSR count). The second-order valence-electron chi connectivity index (χ2n) is 6.02. The van der Waals surface area contributed by atoms with Crippen molar-refractivity contribution >= 4 is 17.7 Å². The van der Waals surface area contributed by atoms with Crippen LogP contribution in [0.3, 0.4) is 0 Å². The largest absolute Gasteiger partial charge is 0.493 e. The maximum absolute atomic E-state index is 12.2. The fourth-order valence-electron chi connectivity index (χ4n) is 2.55. The van der Waals surface area contributed by atoms with Gasteiger partial charge in [0, 0.05) is 17.3 Å². The van der Waals surface area contributed by atoms with Crippen molar-refractivity contribution in [1.82, 2.24) is 4.98 Å². The lowest BCUT2D eigenvalue weighted by Crippen LogP contribution is -2.07. The zero-order valence-corrected chi connectivity index (χ0v) is 15.8. The molecule has 6 heteroatoms. The Labute approximate surface area is 163 Å². The average molecular weight is 378 g/mol. The molecule has 0 atom stereocenters. The van der Waals surface area contributed by atoms with Gasteiger partial charge in [-0.15, -0.1) is 0 Å². The molecule has 0 aliphatic heterocycles. The maximum atomic E-state index is 12.2. The Morgan fingerprint density at radius 3 is 2.68 bits per heavy atom. The van der Waals surface area contributed by atoms with Crippen LogP contribution in [0.15, 0.2) is 65.5 Å². The van der Waals surface area contributed by atoms with Gasteiger partial charge in [-0.3, -0.25) is 4.79 Å². The normalized spacial score (nSPS) is 10.8. The van der Waals surface area contributed by atoms with E-state index in [4.69, 9.17) is 13.9 Å². The average Bonchev–Trinajstić information content (AvgIpc) is 3.26. The summed E-state index contributed by atoms with van der Waals surface area (Å²) in [7, 11) is 1.59. The molecule has 1 heterocycles. The van der Waals surface area contributed by atoms with Crippen molar-refractivity contribution in [1.29, 1.82) is 0 Å². The summed E-state index contributed by atoms with van der Waals surface area (Å²) in [4.78, 5) is 16.1. The Morgan fingerprint density at radius 2 is 2.00 bits per heavy atom. The highest BCUT2D eigenvalue weighted by atomic mass is 16.5. The third-order valence-electron chi connectivity index (χ3n) is 3.95. The third-order valence-corrected chi connectivity index (χ3v) is 3.95. The quantitative estimate of drug-likeness (QED) is 0.571. The minimum absolute atomic E-state index is 0.224. The first-order valence-corrected chi connectivity index (χ1v) is 8.98. The van der Waals surface area contributed by atoms with Crippen molar-refractivity contribution in [2.24, 2.45) is 0 Å². The molecule has 3 aromatic rings. The fourth-order valence-corrected chi connectivity index (χ4v) is 2.55. The summed E-state index contributed by atoms with van der Waals surface area (Å²) >= 11 is 0. The molecule has 0 saturated carbocycles. The van der Waals surface area contributed by atoms with E-state index in [-0.39, 0.29) is 5.91 Å². The van der Waals surface area contributed by atoms with Crippen LogP contribution in [0.1, 0.15) is 18.9 Å². The number of hydrogen-bond acceptors (Lipinski definition) is 5. The van der Waals surface area contributed by atoms with Gasteiger partial charge in [0.25, 0.3) is 0 Å². The van der Waals surface area contributed by atoms with Gasteiger partial charge >= 0.3 is 0 Å². The van der Waals surface area contributed by atoms with Crippen LogP contribution in [-0.4, -0.2) is 24.6 Å². The van der Waals surface area contributed by atoms with Gasteiger partial charge in [0.05, 0.1) is 19.9 Å². The van der Waals surface area contributed by atoms with E-state index in [0.717, 1.165) is 17.5 Å². The lowest BCUT2D eigenvalue weighted by Gasteiger charge is -2.10. The van der Waals surface area contributed by atoms with Crippen molar-refractivity contribution in [3.63, 3.8) is 0 Å². The number of aromatic nitrogens is 1. The Bertz CT molecular complexity index is 932. The molecule has 1 amide bonds. The third kappa shape index (κ3) is 5.01. The molecule has 1 N–H and O–H groups in total. The summed E-state index contributed by atoms with van der Waals surface area (Å²) in [5.74, 6) is 1.78. The summed E-state index contributed by atoms with van der Waals surface area (Å²) in [6.45, 7) is 2.67. The SMILES string of the molecule is CCCOc1ccc(/C=C/C(=O)Nc2ccc(-c3cnco3)cc2)cc1OC. The molecule has 1 aromatic heterocycles. The number of oxazole rings is 1. The first-order chi connectivity index (χ1) is 13.7. The van der Waals surface area contributed by atoms with E-state index in [1.54, 1.807) is 19.4 Å². The summed E-state index contributed by atoms with van der Waals surface area (Å²) in [5.41, 5.74) is 2.43. The van der Waals surface area contributed by atoms with Crippen LogP contribution in [0.25, 0.3) is 17.4 Å². The lowest BCUT2D eigenvalue weighted by molar-refractivity contribution is -0.111. The van der Waals surface area contributed by atoms with Crippen LogP contribution in [0.5, 0.6) is 11.5 Å². The van der Waals surface area contributed by atoms with Crippen molar-refractivity contribution in [2.45, 2.75) is 13.3 Å². The van der Waals surface area contributed by atoms with Gasteiger partial charge in [-0.1, -0.05) is 13.0 Å². The predicted octanol–water partition coefficient (Wildman–Crippen LogP) is 4.79. The standard InChI is InChI=1S/C22H22N2O4/c1-3-12-27-19-10-4-16(13-20(19)26-2)5-11-22(25)24-18-8-6-17(7-9-18)21-14-23-15-28-21/h4-11,13-15H,3,12H2,1-2H3,(H,24,25)/b11-5+. The number of hydrogen-bond donors (Lipinski definition) is 1. The minimum atomic E-state index is -0.224. The van der Waals surface area contributed by atoms with Crippen LogP contribution in [-0.2, 0) is 4.79 Å². The van der Waals surface area contributed by atoms with E-state index in [2.05, 4.69) is 10.3 Å². The van der Waals surface area contributed by atoms with Crippen molar-refractivity contribution in [2.75, 3.05) is 19.0 Å². The molecule has 0 radical (unpaired) electrons. The molecule has 144 valence electrons. The van der Waals surface area contributed by atoms with Gasteiger partial charge in [0.15, 0.2) is 23.7 Å². The van der Waals surface area contributed by atoms with Crippen molar-refractivity contribution in [3.05, 3.63) is 66.7 Å². The molecule has 28 heavy (non-hydrogen) atoms. The van der Waals surface area contributed by atoms with E-state index >= 15 is 0 Å². The lowest BCUT2D eigenvalue weighted by atomic mass is 10.1. The number of nitrogens with one attached hydrogen (secondary N) is 1. The molecule has 0 aliphatic rings. The Kier molecular flexibility index (Phi) is 6.46. The maximum Gasteiger partial charge on any atom is 0.248 e. The summed E-state index contributed by atoms with van der Waals surface area (Å²) in [6, 6.07) is 12.9. The molecule has 6 nitrogen and oxygen atoms in total. The molecule has 0 spiro atoms. The Morgan fingerprint density at radius 1 is 1.18 bits per heavy atom. The number of methoxy groups -OCH3 is 1. The Balaban J connectivity index is 1.62. The van der Waals surface area contributed by atoms with Crippen LogP contribution in [0.4, 0.5) is 5.69 Å². The second-order valence-corrected chi connectivity index (χ2v) is 6.02. The summed E-state index contributed by atoms with van der Waals surface area (Å²) in [6.07, 6.45) is 7.15. The van der Waals surface area contributed by atoms with Crippen molar-refractivity contribution in [3.8, 4) is 22.8 Å². The zero-order chi connectivity index (χ0) is 19.8. The number of rotatable bonds is 8. The second kappa shape index (κ2) is 9.41. The monoisotopic (exact) mass is 378 g/mol. The molecule has 0 unspecified atom stereocenters. The highest BCUT2D eigenvalue weighted by Gasteiger charge is 2.05. The van der Waals surface area contributed by atoms with Crippen molar-refractivity contribution < 1.29 is 18.7 Å². The van der Waals surface area contributed by atoms with Gasteiger partial charge in [0.1, 0.15) is 0 Å². The predicted molar refractivity (Wildman–Crippen MR) is 108 cm³/mol. The highest BCUT2D eigenvalue weighted by Crippen LogP contribution is 2.28. The first kappa shape index (κ1) is 19.2. The molecule has 0 fully saturated rings. The van der Waals surface area contributed by atoms with Gasteiger partial charge in [0.2, 0.25) is 5.91 Å². The highest BCUT2D eigenvalue weighted by molar-refractivity contribution is 6.02. The molecular weight excluding hydrogens is 356 g/mol. The van der Waals surface area contributed by atoms with E-state index in [0.29, 0.717) is 29.6 Å². The first-order valence-electron chi connectivity index (χ1n) is 8.98. The summed E-state index contributed by atoms with van der Waals surface area (Å²) < 4.78 is 16.2. The number of anilines is 1. The molecular formula is C22H22N2O4. The topological polar surface area (TPSA) is 73.6 Å². The van der Waals surface area contributed by atoms with Gasteiger partial charge < -0.3 is 19.2 Å². The van der Waals surface area contributed by atoms with Gasteiger partial charge in [-0.25, -0.2) is 4.98 Å². The molecule has 0 aliphatic carbocycles. The number of carbonyl (C=O) groups excluding carboxylic acids is 1. The molecule has 0 bridgehead atoms. The van der Waals surface area contributed by atoms with Gasteiger partial charge in [-0.05, 0) is 54.5 Å². The van der Waals surface area contributed by atoms with E-state index in [1.807, 2.05) is 49.4 Å². The van der Waals surface area contributed by atoms with E-state index in [9.17, 15) is 4.79 Å². The fraction of sp³-hybridized carbons (Fsp3) is 0.182.